The third kappa shape index (κ3) is 5.08. The number of aryl methyl sites for hydroxylation is 1. The normalized spacial score (nSPS) is 22.1. The van der Waals surface area contributed by atoms with E-state index in [-0.39, 0.29) is 0 Å². The van der Waals surface area contributed by atoms with Gasteiger partial charge in [-0.1, -0.05) is 26.3 Å². The van der Waals surface area contributed by atoms with Gasteiger partial charge in [0, 0.05) is 24.8 Å². The summed E-state index contributed by atoms with van der Waals surface area (Å²) in [4.78, 5) is 7.20. The van der Waals surface area contributed by atoms with Gasteiger partial charge in [0.05, 0.1) is 5.69 Å². The SMILES string of the molecule is CCCNC1CCCC1CN(CC)Cc1cccc(C)n1. The fraction of sp³-hybridized carbons (Fsp3) is 0.722. The first-order valence-corrected chi connectivity index (χ1v) is 8.61. The molecule has 1 aromatic heterocycles. The molecule has 0 amide bonds. The predicted octanol–water partition coefficient (Wildman–Crippen LogP) is 3.38. The molecule has 2 rings (SSSR count). The molecule has 1 saturated carbocycles. The minimum Gasteiger partial charge on any atom is -0.314 e. The van der Waals surface area contributed by atoms with Crippen LogP contribution in [0.25, 0.3) is 0 Å². The Kier molecular flexibility index (Phi) is 6.65. The van der Waals surface area contributed by atoms with Crippen LogP contribution < -0.4 is 5.32 Å². The Hall–Kier alpha value is -0.930. The third-order valence-electron chi connectivity index (χ3n) is 4.59. The van der Waals surface area contributed by atoms with E-state index in [4.69, 9.17) is 0 Å². The Bertz CT molecular complexity index is 419. The Morgan fingerprint density at radius 1 is 1.29 bits per heavy atom. The molecule has 21 heavy (non-hydrogen) atoms. The smallest absolute Gasteiger partial charge is 0.0547 e. The molecule has 1 aliphatic carbocycles. The molecule has 118 valence electrons. The summed E-state index contributed by atoms with van der Waals surface area (Å²) in [6, 6.07) is 7.06. The van der Waals surface area contributed by atoms with Crippen molar-refractivity contribution in [3.05, 3.63) is 29.6 Å². The molecule has 3 nitrogen and oxygen atoms in total. The van der Waals surface area contributed by atoms with Gasteiger partial charge in [-0.15, -0.1) is 0 Å². The summed E-state index contributed by atoms with van der Waals surface area (Å²) in [5.74, 6) is 0.807. The van der Waals surface area contributed by atoms with Gasteiger partial charge in [0.1, 0.15) is 0 Å². The molecule has 2 unspecified atom stereocenters. The van der Waals surface area contributed by atoms with Crippen LogP contribution >= 0.6 is 0 Å². The zero-order chi connectivity index (χ0) is 15.1. The first-order valence-electron chi connectivity index (χ1n) is 8.61. The van der Waals surface area contributed by atoms with Crippen molar-refractivity contribution in [1.29, 1.82) is 0 Å². The van der Waals surface area contributed by atoms with Gasteiger partial charge in [0.25, 0.3) is 0 Å². The zero-order valence-corrected chi connectivity index (χ0v) is 13.9. The van der Waals surface area contributed by atoms with E-state index >= 15 is 0 Å². The molecule has 3 heteroatoms. The van der Waals surface area contributed by atoms with Crippen molar-refractivity contribution in [2.75, 3.05) is 19.6 Å². The maximum absolute atomic E-state index is 4.65. The number of hydrogen-bond donors (Lipinski definition) is 1. The van der Waals surface area contributed by atoms with Crippen LogP contribution in [0.1, 0.15) is 50.9 Å². The Balaban J connectivity index is 1.89. The molecule has 1 fully saturated rings. The molecule has 1 aliphatic rings. The highest BCUT2D eigenvalue weighted by Gasteiger charge is 2.27. The van der Waals surface area contributed by atoms with Crippen LogP contribution in [-0.4, -0.2) is 35.6 Å². The van der Waals surface area contributed by atoms with Crippen molar-refractivity contribution < 1.29 is 0 Å². The number of aromatic nitrogens is 1. The molecule has 2 atom stereocenters. The Morgan fingerprint density at radius 3 is 2.86 bits per heavy atom. The van der Waals surface area contributed by atoms with E-state index in [0.29, 0.717) is 0 Å². The number of nitrogens with zero attached hydrogens (tertiary/aromatic N) is 2. The van der Waals surface area contributed by atoms with Crippen molar-refractivity contribution in [2.45, 2.75) is 59.0 Å². The predicted molar refractivity (Wildman–Crippen MR) is 89.3 cm³/mol. The summed E-state index contributed by atoms with van der Waals surface area (Å²) in [5.41, 5.74) is 2.32. The van der Waals surface area contributed by atoms with Crippen LogP contribution in [0, 0.1) is 12.8 Å². The molecule has 0 spiro atoms. The standard InChI is InChI=1S/C18H31N3/c1-4-12-19-18-11-7-9-16(18)13-21(5-2)14-17-10-6-8-15(3)20-17/h6,8,10,16,18-19H,4-5,7,9,11-14H2,1-3H3. The second-order valence-corrected chi connectivity index (χ2v) is 6.35. The van der Waals surface area contributed by atoms with Crippen LogP contribution in [0.4, 0.5) is 0 Å². The first-order chi connectivity index (χ1) is 10.2. The minimum absolute atomic E-state index is 0.726. The number of nitrogens with one attached hydrogen (secondary N) is 1. The second-order valence-electron chi connectivity index (χ2n) is 6.35. The van der Waals surface area contributed by atoms with Gasteiger partial charge in [0.15, 0.2) is 0 Å². The number of rotatable bonds is 8. The molecule has 0 radical (unpaired) electrons. The number of hydrogen-bond acceptors (Lipinski definition) is 3. The average Bonchev–Trinajstić information content (AvgIpc) is 2.91. The van der Waals surface area contributed by atoms with Crippen LogP contribution in [0.2, 0.25) is 0 Å². The summed E-state index contributed by atoms with van der Waals surface area (Å²) in [5, 5.41) is 3.74. The van der Waals surface area contributed by atoms with Crippen LogP contribution in [-0.2, 0) is 6.54 Å². The van der Waals surface area contributed by atoms with Gasteiger partial charge in [-0.2, -0.15) is 0 Å². The molecule has 0 aromatic carbocycles. The van der Waals surface area contributed by atoms with Gasteiger partial charge in [0.2, 0.25) is 0 Å². The van der Waals surface area contributed by atoms with Gasteiger partial charge >= 0.3 is 0 Å². The summed E-state index contributed by atoms with van der Waals surface area (Å²) in [6.07, 6.45) is 5.34. The summed E-state index contributed by atoms with van der Waals surface area (Å²) < 4.78 is 0. The largest absolute Gasteiger partial charge is 0.314 e. The van der Waals surface area contributed by atoms with Crippen molar-refractivity contribution >= 4 is 0 Å². The van der Waals surface area contributed by atoms with E-state index in [2.05, 4.69) is 54.2 Å². The fourth-order valence-corrected chi connectivity index (χ4v) is 3.41. The maximum atomic E-state index is 4.65. The second kappa shape index (κ2) is 8.50. The lowest BCUT2D eigenvalue weighted by atomic mass is 10.0. The first kappa shape index (κ1) is 16.4. The van der Waals surface area contributed by atoms with E-state index in [0.717, 1.165) is 37.3 Å². The highest BCUT2D eigenvalue weighted by atomic mass is 15.1. The molecule has 0 saturated heterocycles. The zero-order valence-electron chi connectivity index (χ0n) is 13.9. The molecular formula is C18H31N3. The van der Waals surface area contributed by atoms with Crippen LogP contribution in [0.15, 0.2) is 18.2 Å². The van der Waals surface area contributed by atoms with Crippen molar-refractivity contribution in [3.63, 3.8) is 0 Å². The lowest BCUT2D eigenvalue weighted by molar-refractivity contribution is 0.213. The van der Waals surface area contributed by atoms with E-state index < -0.39 is 0 Å². The average molecular weight is 289 g/mol. The molecule has 1 heterocycles. The van der Waals surface area contributed by atoms with Crippen molar-refractivity contribution in [1.82, 2.24) is 15.2 Å². The van der Waals surface area contributed by atoms with E-state index in [9.17, 15) is 0 Å². The highest BCUT2D eigenvalue weighted by molar-refractivity contribution is 5.09. The van der Waals surface area contributed by atoms with Crippen LogP contribution in [0.5, 0.6) is 0 Å². The Labute approximate surface area is 130 Å². The lowest BCUT2D eigenvalue weighted by Crippen LogP contribution is -2.39. The van der Waals surface area contributed by atoms with Crippen molar-refractivity contribution in [2.24, 2.45) is 5.92 Å². The van der Waals surface area contributed by atoms with Gasteiger partial charge < -0.3 is 5.32 Å². The van der Waals surface area contributed by atoms with E-state index in [1.54, 1.807) is 0 Å². The monoisotopic (exact) mass is 289 g/mol. The highest BCUT2D eigenvalue weighted by Crippen LogP contribution is 2.27. The molecule has 0 bridgehead atoms. The third-order valence-corrected chi connectivity index (χ3v) is 4.59. The molecule has 0 aliphatic heterocycles. The van der Waals surface area contributed by atoms with Gasteiger partial charge in [-0.3, -0.25) is 9.88 Å². The van der Waals surface area contributed by atoms with Gasteiger partial charge in [-0.05, 0) is 57.3 Å². The van der Waals surface area contributed by atoms with Crippen LogP contribution in [0.3, 0.4) is 0 Å². The van der Waals surface area contributed by atoms with Gasteiger partial charge in [-0.25, -0.2) is 0 Å². The fourth-order valence-electron chi connectivity index (χ4n) is 3.41. The van der Waals surface area contributed by atoms with Crippen molar-refractivity contribution in [3.8, 4) is 0 Å². The molecule has 1 N–H and O–H groups in total. The number of pyridine rings is 1. The summed E-state index contributed by atoms with van der Waals surface area (Å²) in [7, 11) is 0. The van der Waals surface area contributed by atoms with E-state index in [1.807, 2.05) is 0 Å². The summed E-state index contributed by atoms with van der Waals surface area (Å²) >= 11 is 0. The molecule has 1 aromatic rings. The quantitative estimate of drug-likeness (QED) is 0.795. The molecular weight excluding hydrogens is 258 g/mol. The lowest BCUT2D eigenvalue weighted by Gasteiger charge is -2.28. The summed E-state index contributed by atoms with van der Waals surface area (Å²) in [6.45, 7) is 11.0. The maximum Gasteiger partial charge on any atom is 0.0547 e. The Morgan fingerprint density at radius 2 is 2.14 bits per heavy atom. The topological polar surface area (TPSA) is 28.2 Å². The minimum atomic E-state index is 0.726. The van der Waals surface area contributed by atoms with E-state index in [1.165, 1.54) is 37.9 Å².